The summed E-state index contributed by atoms with van der Waals surface area (Å²) in [5.74, 6) is 0.938. The molecular formula is C18H29FN4O2. The number of nitrogens with one attached hydrogen (secondary N) is 1. The first-order chi connectivity index (χ1) is 12.2. The van der Waals surface area contributed by atoms with Crippen molar-refractivity contribution >= 4 is 5.96 Å². The van der Waals surface area contributed by atoms with Crippen molar-refractivity contribution < 1.29 is 13.9 Å². The quantitative estimate of drug-likeness (QED) is 0.380. The molecule has 7 heteroatoms. The summed E-state index contributed by atoms with van der Waals surface area (Å²) in [7, 11) is 0. The Bertz CT molecular complexity index is 504. The fraction of sp³-hybridized carbons (Fsp3) is 0.611. The Balaban J connectivity index is 1.44. The summed E-state index contributed by atoms with van der Waals surface area (Å²) in [5.41, 5.74) is 5.85. The minimum Gasteiger partial charge on any atom is -0.494 e. The van der Waals surface area contributed by atoms with E-state index in [-0.39, 0.29) is 5.82 Å². The Kier molecular flexibility index (Phi) is 9.07. The van der Waals surface area contributed by atoms with Crippen molar-refractivity contribution in [2.24, 2.45) is 10.7 Å². The largest absolute Gasteiger partial charge is 0.494 e. The van der Waals surface area contributed by atoms with Crippen LogP contribution in [0.4, 0.5) is 4.39 Å². The predicted octanol–water partition coefficient (Wildman–Crippen LogP) is 1.61. The number of hydrogen-bond acceptors (Lipinski definition) is 4. The van der Waals surface area contributed by atoms with E-state index in [0.29, 0.717) is 18.3 Å². The molecule has 1 saturated heterocycles. The molecule has 0 amide bonds. The fourth-order valence-electron chi connectivity index (χ4n) is 2.54. The maximum atomic E-state index is 12.8. The van der Waals surface area contributed by atoms with E-state index in [1.807, 2.05) is 0 Å². The van der Waals surface area contributed by atoms with E-state index in [2.05, 4.69) is 15.2 Å². The highest BCUT2D eigenvalue weighted by atomic mass is 19.1. The number of unbranched alkanes of at least 4 members (excludes halogenated alkanes) is 1. The second-order valence-corrected chi connectivity index (χ2v) is 6.01. The van der Waals surface area contributed by atoms with E-state index < -0.39 is 0 Å². The van der Waals surface area contributed by atoms with Crippen molar-refractivity contribution in [2.75, 3.05) is 52.5 Å². The Morgan fingerprint density at radius 1 is 1.20 bits per heavy atom. The minimum absolute atomic E-state index is 0.253. The minimum atomic E-state index is -0.253. The Hall–Kier alpha value is -1.86. The molecule has 0 spiro atoms. The maximum absolute atomic E-state index is 12.8. The van der Waals surface area contributed by atoms with Gasteiger partial charge in [0.1, 0.15) is 11.6 Å². The lowest BCUT2D eigenvalue weighted by atomic mass is 10.3. The normalized spacial score (nSPS) is 16.0. The highest BCUT2D eigenvalue weighted by Gasteiger charge is 2.08. The van der Waals surface area contributed by atoms with Gasteiger partial charge in [-0.1, -0.05) is 0 Å². The van der Waals surface area contributed by atoms with Gasteiger partial charge < -0.3 is 20.5 Å². The van der Waals surface area contributed by atoms with Crippen molar-refractivity contribution in [1.29, 1.82) is 0 Å². The second kappa shape index (κ2) is 11.7. The van der Waals surface area contributed by atoms with E-state index in [1.165, 1.54) is 12.1 Å². The Morgan fingerprint density at radius 3 is 2.72 bits per heavy atom. The van der Waals surface area contributed by atoms with Crippen LogP contribution in [0, 0.1) is 5.82 Å². The number of nitrogens with zero attached hydrogens (tertiary/aromatic N) is 2. The third kappa shape index (κ3) is 8.69. The van der Waals surface area contributed by atoms with Crippen LogP contribution in [0.15, 0.2) is 29.3 Å². The van der Waals surface area contributed by atoms with E-state index in [9.17, 15) is 4.39 Å². The molecular weight excluding hydrogens is 323 g/mol. The van der Waals surface area contributed by atoms with Gasteiger partial charge in [-0.15, -0.1) is 0 Å². The molecule has 0 aliphatic carbocycles. The molecule has 0 saturated carbocycles. The Morgan fingerprint density at radius 2 is 1.96 bits per heavy atom. The number of nitrogens with two attached hydrogens (primary N) is 1. The molecule has 6 nitrogen and oxygen atoms in total. The average Bonchev–Trinajstić information content (AvgIpc) is 2.64. The summed E-state index contributed by atoms with van der Waals surface area (Å²) in [4.78, 5) is 6.73. The van der Waals surface area contributed by atoms with Gasteiger partial charge in [0.15, 0.2) is 5.96 Å². The highest BCUT2D eigenvalue weighted by molar-refractivity contribution is 5.77. The number of benzene rings is 1. The third-order valence-corrected chi connectivity index (χ3v) is 3.98. The van der Waals surface area contributed by atoms with Gasteiger partial charge in [0.2, 0.25) is 0 Å². The number of halogens is 1. The molecule has 0 atom stereocenters. The van der Waals surface area contributed by atoms with Crippen LogP contribution in [-0.2, 0) is 4.74 Å². The summed E-state index contributed by atoms with van der Waals surface area (Å²) in [6, 6.07) is 6.06. The third-order valence-electron chi connectivity index (χ3n) is 3.98. The molecule has 140 valence electrons. The molecule has 1 heterocycles. The topological polar surface area (TPSA) is 72.1 Å². The summed E-state index contributed by atoms with van der Waals surface area (Å²) >= 11 is 0. The smallest absolute Gasteiger partial charge is 0.188 e. The van der Waals surface area contributed by atoms with Gasteiger partial charge in [0.05, 0.1) is 19.8 Å². The number of rotatable bonds is 10. The Labute approximate surface area is 149 Å². The van der Waals surface area contributed by atoms with Crippen LogP contribution in [0.25, 0.3) is 0 Å². The molecule has 3 N–H and O–H groups in total. The molecule has 0 aromatic heterocycles. The zero-order valence-corrected chi connectivity index (χ0v) is 14.8. The summed E-state index contributed by atoms with van der Waals surface area (Å²) in [6.07, 6.45) is 2.84. The molecule has 1 fully saturated rings. The van der Waals surface area contributed by atoms with Gasteiger partial charge in [-0.25, -0.2) is 4.39 Å². The number of aliphatic imine (C=N–C) groups is 1. The SMILES string of the molecule is NC(=NCCCN1CCOCC1)NCCCCOc1ccc(F)cc1. The monoisotopic (exact) mass is 352 g/mol. The van der Waals surface area contributed by atoms with Gasteiger partial charge in [0.25, 0.3) is 0 Å². The van der Waals surface area contributed by atoms with Gasteiger partial charge in [-0.2, -0.15) is 0 Å². The van der Waals surface area contributed by atoms with Crippen molar-refractivity contribution in [2.45, 2.75) is 19.3 Å². The van der Waals surface area contributed by atoms with Crippen molar-refractivity contribution in [3.05, 3.63) is 30.1 Å². The first kappa shape index (κ1) is 19.5. The summed E-state index contributed by atoms with van der Waals surface area (Å²) in [5, 5.41) is 3.12. The molecule has 0 bridgehead atoms. The average molecular weight is 352 g/mol. The van der Waals surface area contributed by atoms with E-state index in [4.69, 9.17) is 15.2 Å². The van der Waals surface area contributed by atoms with E-state index in [0.717, 1.165) is 65.2 Å². The van der Waals surface area contributed by atoms with Crippen LogP contribution in [0.3, 0.4) is 0 Å². The molecule has 0 unspecified atom stereocenters. The molecule has 2 rings (SSSR count). The number of ether oxygens (including phenoxy) is 2. The van der Waals surface area contributed by atoms with Crippen molar-refractivity contribution in [1.82, 2.24) is 10.2 Å². The first-order valence-electron chi connectivity index (χ1n) is 8.96. The molecule has 1 aliphatic heterocycles. The lowest BCUT2D eigenvalue weighted by molar-refractivity contribution is 0.0377. The molecule has 1 aromatic rings. The summed E-state index contributed by atoms with van der Waals surface area (Å²) in [6.45, 7) is 6.84. The van der Waals surface area contributed by atoms with Gasteiger partial charge in [0, 0.05) is 32.7 Å². The number of hydrogen-bond donors (Lipinski definition) is 2. The summed E-state index contributed by atoms with van der Waals surface area (Å²) < 4.78 is 23.6. The van der Waals surface area contributed by atoms with Crippen LogP contribution >= 0.6 is 0 Å². The molecule has 25 heavy (non-hydrogen) atoms. The second-order valence-electron chi connectivity index (χ2n) is 6.01. The van der Waals surface area contributed by atoms with Crippen LogP contribution in [0.1, 0.15) is 19.3 Å². The molecule has 1 aliphatic rings. The standard InChI is InChI=1S/C18H29FN4O2/c19-16-4-6-17(7-5-16)25-13-2-1-8-21-18(20)22-9-3-10-23-11-14-24-15-12-23/h4-7H,1-3,8-15H2,(H3,20,21,22). The van der Waals surface area contributed by atoms with Gasteiger partial charge in [-0.05, 0) is 43.5 Å². The number of morpholine rings is 1. The predicted molar refractivity (Wildman–Crippen MR) is 97.5 cm³/mol. The number of guanidine groups is 1. The zero-order valence-electron chi connectivity index (χ0n) is 14.8. The molecule has 0 radical (unpaired) electrons. The van der Waals surface area contributed by atoms with E-state index in [1.54, 1.807) is 12.1 Å². The van der Waals surface area contributed by atoms with Crippen LogP contribution < -0.4 is 15.8 Å². The highest BCUT2D eigenvalue weighted by Crippen LogP contribution is 2.11. The maximum Gasteiger partial charge on any atom is 0.188 e. The molecule has 1 aromatic carbocycles. The van der Waals surface area contributed by atoms with Crippen LogP contribution in [0.5, 0.6) is 5.75 Å². The van der Waals surface area contributed by atoms with Crippen LogP contribution in [-0.4, -0.2) is 63.4 Å². The fourth-order valence-corrected chi connectivity index (χ4v) is 2.54. The van der Waals surface area contributed by atoms with E-state index >= 15 is 0 Å². The lowest BCUT2D eigenvalue weighted by Crippen LogP contribution is -2.37. The first-order valence-corrected chi connectivity index (χ1v) is 8.96. The zero-order chi connectivity index (χ0) is 17.7. The van der Waals surface area contributed by atoms with Crippen molar-refractivity contribution in [3.63, 3.8) is 0 Å². The lowest BCUT2D eigenvalue weighted by Gasteiger charge is -2.26. The van der Waals surface area contributed by atoms with Crippen molar-refractivity contribution in [3.8, 4) is 5.75 Å². The van der Waals surface area contributed by atoms with Gasteiger partial charge in [-0.3, -0.25) is 9.89 Å². The van der Waals surface area contributed by atoms with Gasteiger partial charge >= 0.3 is 0 Å². The van der Waals surface area contributed by atoms with Crippen LogP contribution in [0.2, 0.25) is 0 Å².